The van der Waals surface area contributed by atoms with Crippen LogP contribution >= 0.6 is 11.8 Å². The summed E-state index contributed by atoms with van der Waals surface area (Å²) in [7, 11) is -12.9. The Labute approximate surface area is 108 Å². The zero-order valence-electron chi connectivity index (χ0n) is 9.13. The molecule has 0 saturated carbocycles. The van der Waals surface area contributed by atoms with Crippen LogP contribution in [-0.4, -0.2) is 45.8 Å². The molecule has 0 bridgehead atoms. The molecule has 1 N–H and O–H groups in total. The van der Waals surface area contributed by atoms with Crippen LogP contribution in [0, 0.1) is 0 Å². The first kappa shape index (κ1) is 18.8. The Kier molecular flexibility index (Phi) is 4.91. The van der Waals surface area contributed by atoms with Gasteiger partial charge in [0, 0.05) is 0 Å². The Hall–Kier alpha value is -0.210. The van der Waals surface area contributed by atoms with Gasteiger partial charge in [0.25, 0.3) is 20.0 Å². The number of halogens is 6. The smallest absolute Gasteiger partial charge is 0.205 e. The fourth-order valence-electron chi connectivity index (χ4n) is 0.756. The third-order valence-corrected chi connectivity index (χ3v) is 5.24. The predicted octanol–water partition coefficient (Wildman–Crippen LogP) is 1.05. The average molecular weight is 355 g/mol. The van der Waals surface area contributed by atoms with Crippen LogP contribution in [0.1, 0.15) is 0 Å². The zero-order valence-corrected chi connectivity index (χ0v) is 11.6. The Morgan fingerprint density at radius 1 is 0.789 bits per heavy atom. The third kappa shape index (κ3) is 2.54. The van der Waals surface area contributed by atoms with Crippen LogP contribution in [0.5, 0.6) is 0 Å². The molecule has 116 valence electrons. The molecule has 1 aliphatic rings. The Morgan fingerprint density at radius 3 is 1.21 bits per heavy atom. The molecule has 0 aromatic heterocycles. The monoisotopic (exact) mass is 355 g/mol. The van der Waals surface area contributed by atoms with E-state index in [0.29, 0.717) is 0 Å². The van der Waals surface area contributed by atoms with Crippen molar-refractivity contribution in [1.82, 2.24) is 4.13 Å². The van der Waals surface area contributed by atoms with Crippen molar-refractivity contribution in [1.29, 1.82) is 0 Å². The number of alkyl halides is 6. The first-order valence-corrected chi connectivity index (χ1v) is 8.53. The summed E-state index contributed by atoms with van der Waals surface area (Å²) in [4.78, 5) is 0. The van der Waals surface area contributed by atoms with Gasteiger partial charge < -0.3 is 0 Å². The molecule has 0 aromatic carbocycles. The van der Waals surface area contributed by atoms with Crippen molar-refractivity contribution in [3.05, 3.63) is 0 Å². The van der Waals surface area contributed by atoms with Gasteiger partial charge in [-0.05, 0) is 12.5 Å². The molecule has 14 heteroatoms. The van der Waals surface area contributed by atoms with E-state index in [9.17, 15) is 43.2 Å². The van der Waals surface area contributed by atoms with E-state index in [1.54, 1.807) is 11.8 Å². The summed E-state index contributed by atoms with van der Waals surface area (Å²) in [6.07, 6.45) is 4.08. The lowest BCUT2D eigenvalue weighted by atomic mass is 10.3. The third-order valence-electron chi connectivity index (χ3n) is 1.63. The molecule has 0 unspecified atom stereocenters. The lowest BCUT2D eigenvalue weighted by Gasteiger charge is -2.35. The van der Waals surface area contributed by atoms with Crippen LogP contribution in [0.3, 0.4) is 0 Å². The summed E-state index contributed by atoms with van der Waals surface area (Å²) in [5.41, 5.74) is 0. The molecule has 5 nitrogen and oxygen atoms in total. The molecular formula is C5H7F6NO4S3. The van der Waals surface area contributed by atoms with E-state index in [2.05, 4.69) is 0 Å². The van der Waals surface area contributed by atoms with Crippen LogP contribution in [0.25, 0.3) is 0 Å². The molecule has 0 amide bonds. The van der Waals surface area contributed by atoms with E-state index in [4.69, 9.17) is 0 Å². The number of thioether (sulfide) groups is 1. The highest BCUT2D eigenvalue weighted by Gasteiger charge is 2.86. The molecule has 1 fully saturated rings. The summed E-state index contributed by atoms with van der Waals surface area (Å²) in [6, 6.07) is 0. The van der Waals surface area contributed by atoms with E-state index in [1.165, 1.54) is 0 Å². The second-order valence-electron chi connectivity index (χ2n) is 3.11. The van der Waals surface area contributed by atoms with Crippen LogP contribution in [0.15, 0.2) is 0 Å². The molecule has 0 aromatic rings. The molecule has 19 heavy (non-hydrogen) atoms. The van der Waals surface area contributed by atoms with Gasteiger partial charge in [0.15, 0.2) is 0 Å². The normalized spacial score (nSPS) is 28.8. The summed E-state index contributed by atoms with van der Waals surface area (Å²) in [5.74, 6) is -6.57. The van der Waals surface area contributed by atoms with E-state index in [0.717, 1.165) is 0 Å². The first-order chi connectivity index (χ1) is 8.12. The highest BCUT2D eigenvalue weighted by Crippen LogP contribution is 2.53. The highest BCUT2D eigenvalue weighted by molar-refractivity contribution is 8.06. The van der Waals surface area contributed by atoms with Crippen molar-refractivity contribution in [2.45, 2.75) is 16.4 Å². The molecular weight excluding hydrogens is 348 g/mol. The van der Waals surface area contributed by atoms with E-state index < -0.39 is 36.5 Å². The number of hydrogen-bond acceptors (Lipinski definition) is 5. The quantitative estimate of drug-likeness (QED) is 0.657. The van der Waals surface area contributed by atoms with Crippen LogP contribution < -0.4 is 4.13 Å². The maximum absolute atomic E-state index is 12.5. The lowest BCUT2D eigenvalue weighted by Crippen LogP contribution is -2.70. The Balaban J connectivity index is 0.000000982. The van der Waals surface area contributed by atoms with Crippen molar-refractivity contribution < 1.29 is 43.2 Å². The number of hydrogen-bond donors (Lipinski definition) is 1. The summed E-state index contributed by atoms with van der Waals surface area (Å²) < 4.78 is 116. The maximum Gasteiger partial charge on any atom is 0.429 e. The predicted molar refractivity (Wildman–Crippen MR) is 55.3 cm³/mol. The molecule has 1 rings (SSSR count). The van der Waals surface area contributed by atoms with Crippen LogP contribution in [0.4, 0.5) is 26.3 Å². The fourth-order valence-corrected chi connectivity index (χ4v) is 3.74. The van der Waals surface area contributed by atoms with E-state index >= 15 is 0 Å². The molecule has 1 heterocycles. The Morgan fingerprint density at radius 2 is 1.00 bits per heavy atom. The Bertz CT molecular complexity index is 495. The summed E-state index contributed by atoms with van der Waals surface area (Å²) in [5, 5.41) is -12.5. The lowest BCUT2D eigenvalue weighted by molar-refractivity contribution is -0.246. The zero-order chi connectivity index (χ0) is 15.9. The topological polar surface area (TPSA) is 80.3 Å². The van der Waals surface area contributed by atoms with E-state index in [-0.39, 0.29) is 4.13 Å². The number of nitrogens with one attached hydrogen (secondary N) is 1. The number of sulfonamides is 2. The van der Waals surface area contributed by atoms with Gasteiger partial charge in [-0.25, -0.2) is 16.8 Å². The SMILES string of the molecule is CSC.O=S1(=O)NS(=O)(=O)C(F)(F)C(F)(F)C1(F)F. The molecule has 1 aliphatic heterocycles. The van der Waals surface area contributed by atoms with Crippen molar-refractivity contribution in [3.63, 3.8) is 0 Å². The maximum atomic E-state index is 12.5. The van der Waals surface area contributed by atoms with Crippen molar-refractivity contribution in [2.75, 3.05) is 12.5 Å². The summed E-state index contributed by atoms with van der Waals surface area (Å²) >= 11 is 1.75. The molecule has 1 saturated heterocycles. The van der Waals surface area contributed by atoms with Gasteiger partial charge in [0.05, 0.1) is 0 Å². The van der Waals surface area contributed by atoms with Gasteiger partial charge in [0.1, 0.15) is 0 Å². The highest BCUT2D eigenvalue weighted by atomic mass is 32.3. The van der Waals surface area contributed by atoms with E-state index in [1.807, 2.05) is 12.5 Å². The van der Waals surface area contributed by atoms with Gasteiger partial charge >= 0.3 is 16.4 Å². The minimum atomic E-state index is -6.57. The average Bonchev–Trinajstić information content (AvgIpc) is 2.14. The van der Waals surface area contributed by atoms with Crippen LogP contribution in [0.2, 0.25) is 0 Å². The molecule has 0 atom stereocenters. The number of rotatable bonds is 0. The minimum absolute atomic E-state index is 0.167. The molecule has 0 spiro atoms. The molecule has 0 aliphatic carbocycles. The fraction of sp³-hybridized carbons (Fsp3) is 1.00. The van der Waals surface area contributed by atoms with Gasteiger partial charge in [-0.1, -0.05) is 4.13 Å². The second kappa shape index (κ2) is 4.96. The summed E-state index contributed by atoms with van der Waals surface area (Å²) in [6.45, 7) is 0. The minimum Gasteiger partial charge on any atom is -0.205 e. The first-order valence-electron chi connectivity index (χ1n) is 3.93. The molecule has 0 radical (unpaired) electrons. The van der Waals surface area contributed by atoms with Gasteiger partial charge in [-0.2, -0.15) is 38.1 Å². The van der Waals surface area contributed by atoms with Gasteiger partial charge in [0.2, 0.25) is 0 Å². The van der Waals surface area contributed by atoms with Gasteiger partial charge in [-0.15, -0.1) is 0 Å². The second-order valence-corrected chi connectivity index (χ2v) is 7.63. The van der Waals surface area contributed by atoms with Gasteiger partial charge in [-0.3, -0.25) is 0 Å². The largest absolute Gasteiger partial charge is 0.429 e. The van der Waals surface area contributed by atoms with Crippen molar-refractivity contribution >= 4 is 31.8 Å². The van der Waals surface area contributed by atoms with Crippen molar-refractivity contribution in [2.24, 2.45) is 0 Å². The van der Waals surface area contributed by atoms with Crippen LogP contribution in [-0.2, 0) is 20.0 Å². The standard InChI is InChI=1S/C3HF6NO4S2.C2H6S/c4-1(5)2(6,7)15(11,12)10-16(13,14)3(1,8)9;1-3-2/h10H;1-2H3. The van der Waals surface area contributed by atoms with Crippen molar-refractivity contribution in [3.8, 4) is 0 Å².